The summed E-state index contributed by atoms with van der Waals surface area (Å²) in [6.07, 6.45) is 2.15. The predicted molar refractivity (Wildman–Crippen MR) is 48.5 cm³/mol. The molecule has 0 saturated heterocycles. The van der Waals surface area contributed by atoms with Gasteiger partial charge in [0.1, 0.15) is 5.82 Å². The second kappa shape index (κ2) is 2.85. The summed E-state index contributed by atoms with van der Waals surface area (Å²) < 4.78 is 14.0. The third-order valence-corrected chi connectivity index (χ3v) is 2.16. The quantitative estimate of drug-likeness (QED) is 0.644. The first-order chi connectivity index (χ1) is 6.22. The van der Waals surface area contributed by atoms with Crippen molar-refractivity contribution in [3.8, 4) is 0 Å². The molecule has 2 nitrogen and oxygen atoms in total. The minimum absolute atomic E-state index is 0.370. The fraction of sp³-hybridized carbons (Fsp3) is 0. The van der Waals surface area contributed by atoms with Crippen LogP contribution in [0.3, 0.4) is 0 Å². The lowest BCUT2D eigenvalue weighted by molar-refractivity contribution is 0.112. The maximum absolute atomic E-state index is 12.8. The van der Waals surface area contributed by atoms with Gasteiger partial charge in [0.05, 0.1) is 5.52 Å². The maximum atomic E-state index is 12.8. The third-order valence-electron chi connectivity index (χ3n) is 1.88. The van der Waals surface area contributed by atoms with E-state index in [4.69, 9.17) is 11.8 Å². The van der Waals surface area contributed by atoms with Crippen molar-refractivity contribution >= 4 is 29.0 Å². The zero-order valence-electron chi connectivity index (χ0n) is 6.50. The van der Waals surface area contributed by atoms with Crippen molar-refractivity contribution < 1.29 is 9.18 Å². The normalized spacial score (nSPS) is 10.6. The molecule has 0 aliphatic heterocycles. The van der Waals surface area contributed by atoms with Crippen molar-refractivity contribution in [3.63, 3.8) is 0 Å². The molecule has 0 fully saturated rings. The number of fused-ring (bicyclic) bond motifs is 1. The highest BCUT2D eigenvalue weighted by atomic mass is 35.5. The summed E-state index contributed by atoms with van der Waals surface area (Å²) in [5.41, 5.74) is 0.966. The average Bonchev–Trinajstić information content (AvgIpc) is 2.43. The third kappa shape index (κ3) is 1.21. The van der Waals surface area contributed by atoms with Gasteiger partial charge < -0.3 is 0 Å². The molecule has 0 amide bonds. The van der Waals surface area contributed by atoms with E-state index in [1.165, 1.54) is 28.5 Å². The van der Waals surface area contributed by atoms with E-state index in [2.05, 4.69) is 0 Å². The van der Waals surface area contributed by atoms with Gasteiger partial charge in [-0.15, -0.1) is 0 Å². The molecule has 13 heavy (non-hydrogen) atoms. The molecule has 0 aliphatic rings. The Bertz CT molecular complexity index is 478. The molecule has 1 aromatic heterocycles. The molecule has 0 unspecified atom stereocenters. The van der Waals surface area contributed by atoms with Crippen LogP contribution >= 0.6 is 11.8 Å². The minimum Gasteiger partial charge on any atom is -0.298 e. The molecule has 66 valence electrons. The van der Waals surface area contributed by atoms with Gasteiger partial charge in [0.25, 0.3) is 0 Å². The van der Waals surface area contributed by atoms with Crippen molar-refractivity contribution in [1.29, 1.82) is 0 Å². The first kappa shape index (κ1) is 8.26. The van der Waals surface area contributed by atoms with Crippen molar-refractivity contribution in [2.45, 2.75) is 0 Å². The lowest BCUT2D eigenvalue weighted by atomic mass is 10.2. The van der Waals surface area contributed by atoms with Gasteiger partial charge in [-0.3, -0.25) is 8.88 Å². The standard InChI is InChI=1S/C9H5ClFNO/c10-12-4-6(5-13)8-2-1-7(11)3-9(8)12/h1-5H. The average molecular weight is 198 g/mol. The van der Waals surface area contributed by atoms with E-state index in [-0.39, 0.29) is 5.82 Å². The van der Waals surface area contributed by atoms with Crippen LogP contribution < -0.4 is 0 Å². The van der Waals surface area contributed by atoms with E-state index in [1.807, 2.05) is 0 Å². The number of rotatable bonds is 1. The molecule has 0 spiro atoms. The van der Waals surface area contributed by atoms with Crippen molar-refractivity contribution in [2.24, 2.45) is 0 Å². The largest absolute Gasteiger partial charge is 0.298 e. The molecule has 0 atom stereocenters. The lowest BCUT2D eigenvalue weighted by Crippen LogP contribution is -1.78. The number of halogens is 2. The number of aldehydes is 1. The van der Waals surface area contributed by atoms with Crippen molar-refractivity contribution in [3.05, 3.63) is 35.8 Å². The van der Waals surface area contributed by atoms with Gasteiger partial charge in [0.15, 0.2) is 6.29 Å². The predicted octanol–water partition coefficient (Wildman–Crippen LogP) is 2.59. The first-order valence-electron chi connectivity index (χ1n) is 3.64. The summed E-state index contributed by atoms with van der Waals surface area (Å²) in [6.45, 7) is 0. The van der Waals surface area contributed by atoms with Gasteiger partial charge in [-0.25, -0.2) is 4.39 Å². The zero-order valence-corrected chi connectivity index (χ0v) is 7.25. The Morgan fingerprint density at radius 1 is 1.46 bits per heavy atom. The van der Waals surface area contributed by atoms with Gasteiger partial charge in [-0.05, 0) is 18.2 Å². The van der Waals surface area contributed by atoms with Crippen molar-refractivity contribution in [1.82, 2.24) is 4.09 Å². The van der Waals surface area contributed by atoms with Gasteiger partial charge >= 0.3 is 0 Å². The van der Waals surface area contributed by atoms with Gasteiger partial charge in [-0.2, -0.15) is 0 Å². The topological polar surface area (TPSA) is 22.0 Å². The summed E-state index contributed by atoms with van der Waals surface area (Å²) in [7, 11) is 0. The number of carbonyl (C=O) groups is 1. The second-order valence-electron chi connectivity index (χ2n) is 2.67. The molecule has 0 N–H and O–H groups in total. The maximum Gasteiger partial charge on any atom is 0.152 e. The number of aromatic nitrogens is 1. The van der Waals surface area contributed by atoms with Crippen molar-refractivity contribution in [2.75, 3.05) is 0 Å². The van der Waals surface area contributed by atoms with Crippen LogP contribution in [0.1, 0.15) is 10.4 Å². The van der Waals surface area contributed by atoms with E-state index < -0.39 is 0 Å². The number of benzene rings is 1. The Morgan fingerprint density at radius 3 is 2.92 bits per heavy atom. The molecular formula is C9H5ClFNO. The molecule has 0 radical (unpaired) electrons. The smallest absolute Gasteiger partial charge is 0.152 e. The molecule has 0 saturated carbocycles. The molecule has 4 heteroatoms. The monoisotopic (exact) mass is 197 g/mol. The van der Waals surface area contributed by atoms with Crippen LogP contribution in [0.15, 0.2) is 24.4 Å². The highest BCUT2D eigenvalue weighted by molar-refractivity contribution is 6.20. The van der Waals surface area contributed by atoms with Crippen LogP contribution in [-0.2, 0) is 0 Å². The highest BCUT2D eigenvalue weighted by Crippen LogP contribution is 2.21. The van der Waals surface area contributed by atoms with Crippen LogP contribution in [0.5, 0.6) is 0 Å². The molecule has 1 heterocycles. The number of nitrogens with zero attached hydrogens (tertiary/aromatic N) is 1. The summed E-state index contributed by atoms with van der Waals surface area (Å²) in [5, 5.41) is 0.659. The number of carbonyl (C=O) groups excluding carboxylic acids is 1. The van der Waals surface area contributed by atoms with Crippen LogP contribution in [0.25, 0.3) is 10.9 Å². The molecule has 2 rings (SSSR count). The van der Waals surface area contributed by atoms with Crippen LogP contribution in [0, 0.1) is 5.82 Å². The Morgan fingerprint density at radius 2 is 2.23 bits per heavy atom. The number of hydrogen-bond donors (Lipinski definition) is 0. The molecule has 1 aromatic carbocycles. The Labute approximate surface area is 78.6 Å². The molecular weight excluding hydrogens is 193 g/mol. The van der Waals surface area contributed by atoms with Gasteiger partial charge in [0, 0.05) is 28.9 Å². The van der Waals surface area contributed by atoms with Gasteiger partial charge in [0.2, 0.25) is 0 Å². The fourth-order valence-corrected chi connectivity index (χ4v) is 1.53. The molecule has 0 bridgehead atoms. The molecule has 2 aromatic rings. The molecule has 0 aliphatic carbocycles. The number of hydrogen-bond acceptors (Lipinski definition) is 1. The van der Waals surface area contributed by atoms with E-state index in [1.54, 1.807) is 0 Å². The van der Waals surface area contributed by atoms with E-state index in [0.717, 1.165) is 0 Å². The summed E-state index contributed by atoms with van der Waals surface area (Å²) in [5.74, 6) is -0.370. The van der Waals surface area contributed by atoms with E-state index in [9.17, 15) is 9.18 Å². The van der Waals surface area contributed by atoms with Crippen LogP contribution in [0.4, 0.5) is 4.39 Å². The highest BCUT2D eigenvalue weighted by Gasteiger charge is 2.06. The second-order valence-corrected chi connectivity index (χ2v) is 3.04. The minimum atomic E-state index is -0.370. The Balaban J connectivity index is 2.88. The van der Waals surface area contributed by atoms with Crippen LogP contribution in [-0.4, -0.2) is 10.4 Å². The fourth-order valence-electron chi connectivity index (χ4n) is 1.28. The lowest BCUT2D eigenvalue weighted by Gasteiger charge is -1.92. The van der Waals surface area contributed by atoms with E-state index >= 15 is 0 Å². The summed E-state index contributed by atoms with van der Waals surface area (Å²) >= 11 is 5.72. The summed E-state index contributed by atoms with van der Waals surface area (Å²) in [6, 6.07) is 4.12. The Kier molecular flexibility index (Phi) is 1.81. The van der Waals surface area contributed by atoms with Crippen LogP contribution in [0.2, 0.25) is 0 Å². The first-order valence-corrected chi connectivity index (χ1v) is 3.98. The zero-order chi connectivity index (χ0) is 9.42. The SMILES string of the molecule is O=Cc1cn(Cl)c2cc(F)ccc12. The summed E-state index contributed by atoms with van der Waals surface area (Å²) in [4.78, 5) is 10.6. The van der Waals surface area contributed by atoms with E-state index in [0.29, 0.717) is 22.8 Å². The Hall–Kier alpha value is -1.35. The van der Waals surface area contributed by atoms with Gasteiger partial charge in [-0.1, -0.05) is 0 Å².